The highest BCUT2D eigenvalue weighted by Gasteiger charge is 2.14. The fourth-order valence-electron chi connectivity index (χ4n) is 2.44. The standard InChI is InChI=1S/C19H18FN3O3S/c1-25-13-7-8-16(17(11-13)26-2)23-10-9-21-19(23)27-12-18(24)22-15-6-4-3-5-14(15)20/h3-11H,12H2,1-2H3,(H,22,24). The van der Waals surface area contributed by atoms with Crippen LogP contribution in [-0.2, 0) is 4.79 Å². The van der Waals surface area contributed by atoms with Crippen molar-refractivity contribution in [2.45, 2.75) is 5.16 Å². The maximum absolute atomic E-state index is 13.6. The molecule has 3 aromatic rings. The number of ether oxygens (including phenoxy) is 2. The van der Waals surface area contributed by atoms with Crippen molar-refractivity contribution in [1.29, 1.82) is 0 Å². The van der Waals surface area contributed by atoms with Gasteiger partial charge in [-0.1, -0.05) is 23.9 Å². The molecule has 27 heavy (non-hydrogen) atoms. The molecule has 0 aliphatic carbocycles. The summed E-state index contributed by atoms with van der Waals surface area (Å²) >= 11 is 1.24. The van der Waals surface area contributed by atoms with Gasteiger partial charge in [0.2, 0.25) is 5.91 Å². The molecule has 0 fully saturated rings. The van der Waals surface area contributed by atoms with Crippen LogP contribution in [0.3, 0.4) is 0 Å². The first-order valence-electron chi connectivity index (χ1n) is 8.05. The average Bonchev–Trinajstić information content (AvgIpc) is 3.16. The number of aromatic nitrogens is 2. The van der Waals surface area contributed by atoms with Crippen molar-refractivity contribution in [3.8, 4) is 17.2 Å². The molecule has 1 N–H and O–H groups in total. The molecule has 0 atom stereocenters. The highest BCUT2D eigenvalue weighted by Crippen LogP contribution is 2.30. The number of hydrogen-bond acceptors (Lipinski definition) is 5. The SMILES string of the molecule is COc1ccc(-n2ccnc2SCC(=O)Nc2ccccc2F)c(OC)c1. The second-order valence-electron chi connectivity index (χ2n) is 5.43. The topological polar surface area (TPSA) is 65.4 Å². The Morgan fingerprint density at radius 1 is 1.22 bits per heavy atom. The molecular weight excluding hydrogens is 369 g/mol. The Balaban J connectivity index is 1.72. The van der Waals surface area contributed by atoms with Crippen LogP contribution in [0, 0.1) is 5.82 Å². The average molecular weight is 387 g/mol. The van der Waals surface area contributed by atoms with Crippen molar-refractivity contribution in [2.75, 3.05) is 25.3 Å². The first-order valence-corrected chi connectivity index (χ1v) is 9.04. The lowest BCUT2D eigenvalue weighted by molar-refractivity contribution is -0.113. The zero-order chi connectivity index (χ0) is 19.2. The van der Waals surface area contributed by atoms with Gasteiger partial charge >= 0.3 is 0 Å². The normalized spacial score (nSPS) is 10.5. The van der Waals surface area contributed by atoms with Crippen LogP contribution in [0.15, 0.2) is 60.0 Å². The number of imidazole rings is 1. The number of carbonyl (C=O) groups is 1. The fraction of sp³-hybridized carbons (Fsp3) is 0.158. The van der Waals surface area contributed by atoms with Gasteiger partial charge in [-0.05, 0) is 24.3 Å². The molecule has 0 spiro atoms. The number of hydrogen-bond donors (Lipinski definition) is 1. The largest absolute Gasteiger partial charge is 0.497 e. The summed E-state index contributed by atoms with van der Waals surface area (Å²) in [7, 11) is 3.16. The van der Waals surface area contributed by atoms with E-state index in [1.807, 2.05) is 16.7 Å². The van der Waals surface area contributed by atoms with Crippen LogP contribution in [0.5, 0.6) is 11.5 Å². The smallest absolute Gasteiger partial charge is 0.234 e. The predicted octanol–water partition coefficient (Wildman–Crippen LogP) is 3.76. The van der Waals surface area contributed by atoms with Crippen molar-refractivity contribution in [3.63, 3.8) is 0 Å². The zero-order valence-electron chi connectivity index (χ0n) is 14.8. The van der Waals surface area contributed by atoms with Gasteiger partial charge in [-0.25, -0.2) is 9.37 Å². The molecule has 0 aliphatic heterocycles. The number of rotatable bonds is 7. The molecule has 0 radical (unpaired) electrons. The molecule has 0 unspecified atom stereocenters. The molecule has 140 valence electrons. The van der Waals surface area contributed by atoms with E-state index in [1.165, 1.54) is 23.9 Å². The van der Waals surface area contributed by atoms with Crippen molar-refractivity contribution in [3.05, 3.63) is 60.7 Å². The van der Waals surface area contributed by atoms with Gasteiger partial charge in [0.15, 0.2) is 5.16 Å². The lowest BCUT2D eigenvalue weighted by Crippen LogP contribution is -2.15. The second-order valence-corrected chi connectivity index (χ2v) is 6.38. The van der Waals surface area contributed by atoms with Gasteiger partial charge in [0.25, 0.3) is 0 Å². The van der Waals surface area contributed by atoms with Crippen LogP contribution >= 0.6 is 11.8 Å². The van der Waals surface area contributed by atoms with Crippen LogP contribution in [0.2, 0.25) is 0 Å². The van der Waals surface area contributed by atoms with E-state index in [0.29, 0.717) is 16.7 Å². The van der Waals surface area contributed by atoms with Crippen molar-refractivity contribution in [2.24, 2.45) is 0 Å². The lowest BCUT2D eigenvalue weighted by atomic mass is 10.2. The van der Waals surface area contributed by atoms with E-state index in [9.17, 15) is 9.18 Å². The van der Waals surface area contributed by atoms with Gasteiger partial charge in [-0.2, -0.15) is 0 Å². The summed E-state index contributed by atoms with van der Waals surface area (Å²) in [6.45, 7) is 0. The van der Waals surface area contributed by atoms with Gasteiger partial charge in [-0.15, -0.1) is 0 Å². The molecule has 0 saturated heterocycles. The zero-order valence-corrected chi connectivity index (χ0v) is 15.6. The summed E-state index contributed by atoms with van der Waals surface area (Å²) in [5.74, 6) is 0.588. The maximum atomic E-state index is 13.6. The molecule has 2 aromatic carbocycles. The number of amides is 1. The molecule has 1 heterocycles. The highest BCUT2D eigenvalue weighted by atomic mass is 32.2. The molecule has 0 aliphatic rings. The predicted molar refractivity (Wildman–Crippen MR) is 102 cm³/mol. The maximum Gasteiger partial charge on any atom is 0.234 e. The minimum absolute atomic E-state index is 0.0871. The van der Waals surface area contributed by atoms with E-state index in [2.05, 4.69) is 10.3 Å². The minimum atomic E-state index is -0.472. The number of thioether (sulfide) groups is 1. The Morgan fingerprint density at radius 3 is 2.78 bits per heavy atom. The molecule has 3 rings (SSSR count). The first kappa shape index (κ1) is 18.8. The van der Waals surface area contributed by atoms with Crippen molar-refractivity contribution < 1.29 is 18.7 Å². The molecule has 1 aromatic heterocycles. The summed E-state index contributed by atoms with van der Waals surface area (Å²) in [5.41, 5.74) is 0.927. The van der Waals surface area contributed by atoms with Crippen LogP contribution in [0.25, 0.3) is 5.69 Å². The van der Waals surface area contributed by atoms with Gasteiger partial charge < -0.3 is 14.8 Å². The van der Waals surface area contributed by atoms with Crippen LogP contribution in [0.1, 0.15) is 0 Å². The highest BCUT2D eigenvalue weighted by molar-refractivity contribution is 7.99. The molecule has 6 nitrogen and oxygen atoms in total. The van der Waals surface area contributed by atoms with E-state index in [-0.39, 0.29) is 17.3 Å². The van der Waals surface area contributed by atoms with Gasteiger partial charge in [0.1, 0.15) is 17.3 Å². The Hall–Kier alpha value is -3.00. The molecular formula is C19H18FN3O3S. The fourth-order valence-corrected chi connectivity index (χ4v) is 3.21. The first-order chi connectivity index (χ1) is 13.1. The van der Waals surface area contributed by atoms with E-state index in [0.717, 1.165) is 5.69 Å². The Morgan fingerprint density at radius 2 is 2.04 bits per heavy atom. The summed E-state index contributed by atoms with van der Waals surface area (Å²) in [6, 6.07) is 11.5. The monoisotopic (exact) mass is 387 g/mol. The summed E-state index contributed by atoms with van der Waals surface area (Å²) in [5, 5.41) is 3.17. The molecule has 0 bridgehead atoms. The third-order valence-corrected chi connectivity index (χ3v) is 4.70. The number of nitrogens with one attached hydrogen (secondary N) is 1. The van der Waals surface area contributed by atoms with E-state index in [4.69, 9.17) is 9.47 Å². The van der Waals surface area contributed by atoms with Crippen LogP contribution in [0.4, 0.5) is 10.1 Å². The van der Waals surface area contributed by atoms with Gasteiger partial charge in [-0.3, -0.25) is 9.36 Å². The van der Waals surface area contributed by atoms with E-state index >= 15 is 0 Å². The molecule has 1 amide bonds. The minimum Gasteiger partial charge on any atom is -0.497 e. The number of anilines is 1. The Labute approximate surface area is 160 Å². The Kier molecular flexibility index (Phi) is 5.97. The van der Waals surface area contributed by atoms with Crippen molar-refractivity contribution >= 4 is 23.4 Å². The van der Waals surface area contributed by atoms with Gasteiger partial charge in [0, 0.05) is 18.5 Å². The lowest BCUT2D eigenvalue weighted by Gasteiger charge is -2.13. The number of nitrogens with zero attached hydrogens (tertiary/aromatic N) is 2. The molecule has 8 heteroatoms. The number of halogens is 1. The quantitative estimate of drug-likeness (QED) is 0.626. The Bertz CT molecular complexity index is 945. The summed E-state index contributed by atoms with van der Waals surface area (Å²) < 4.78 is 26.1. The number of methoxy groups -OCH3 is 2. The van der Waals surface area contributed by atoms with E-state index < -0.39 is 5.82 Å². The summed E-state index contributed by atoms with van der Waals surface area (Å²) in [6.07, 6.45) is 3.42. The number of para-hydroxylation sites is 1. The molecule has 0 saturated carbocycles. The third kappa shape index (κ3) is 4.40. The third-order valence-electron chi connectivity index (χ3n) is 3.73. The number of carbonyl (C=O) groups excluding carboxylic acids is 1. The van der Waals surface area contributed by atoms with Crippen LogP contribution in [-0.4, -0.2) is 35.4 Å². The second kappa shape index (κ2) is 8.59. The summed E-state index contributed by atoms with van der Waals surface area (Å²) in [4.78, 5) is 16.4. The van der Waals surface area contributed by atoms with Crippen molar-refractivity contribution in [1.82, 2.24) is 9.55 Å². The van der Waals surface area contributed by atoms with E-state index in [1.54, 1.807) is 44.8 Å². The van der Waals surface area contributed by atoms with Gasteiger partial charge in [0.05, 0.1) is 31.3 Å². The number of benzene rings is 2. The van der Waals surface area contributed by atoms with Crippen LogP contribution < -0.4 is 14.8 Å².